The van der Waals surface area contributed by atoms with Crippen molar-refractivity contribution in [2.75, 3.05) is 0 Å². The zero-order chi connectivity index (χ0) is 13.0. The molecule has 19 heavy (non-hydrogen) atoms. The lowest BCUT2D eigenvalue weighted by molar-refractivity contribution is -0.0228. The van der Waals surface area contributed by atoms with Crippen molar-refractivity contribution in [3.8, 4) is 5.69 Å². The van der Waals surface area contributed by atoms with Crippen molar-refractivity contribution in [1.82, 2.24) is 15.0 Å². The second-order valence-corrected chi connectivity index (χ2v) is 6.10. The van der Waals surface area contributed by atoms with E-state index in [-0.39, 0.29) is 5.41 Å². The number of hydrogen-bond acceptors (Lipinski definition) is 3. The van der Waals surface area contributed by atoms with Crippen LogP contribution in [0.3, 0.4) is 0 Å². The van der Waals surface area contributed by atoms with Crippen LogP contribution in [0.25, 0.3) is 5.69 Å². The minimum Gasteiger partial charge on any atom is -0.327 e. The average Bonchev–Trinajstić information content (AvgIpc) is 2.85. The summed E-state index contributed by atoms with van der Waals surface area (Å²) in [4.78, 5) is 1.68. The number of hydrogen-bond donors (Lipinski definition) is 1. The zero-order valence-electron chi connectivity index (χ0n) is 10.5. The van der Waals surface area contributed by atoms with Crippen LogP contribution in [-0.4, -0.2) is 21.0 Å². The van der Waals surface area contributed by atoms with Crippen molar-refractivity contribution < 1.29 is 0 Å². The number of nitrogens with two attached hydrogens (primary N) is 1. The molecule has 2 saturated carbocycles. The molecule has 2 aliphatic carbocycles. The van der Waals surface area contributed by atoms with E-state index in [1.807, 2.05) is 30.5 Å². The first-order valence-electron chi connectivity index (χ1n) is 6.63. The van der Waals surface area contributed by atoms with E-state index >= 15 is 0 Å². The lowest BCUT2D eigenvalue weighted by Crippen LogP contribution is -2.65. The molecular weight excluding hydrogens is 260 g/mol. The van der Waals surface area contributed by atoms with Crippen LogP contribution in [0.5, 0.6) is 0 Å². The van der Waals surface area contributed by atoms with Gasteiger partial charge in [-0.25, -0.2) is 0 Å². The van der Waals surface area contributed by atoms with E-state index in [1.165, 1.54) is 12.8 Å². The summed E-state index contributed by atoms with van der Waals surface area (Å²) >= 11 is 5.89. The molecule has 98 valence electrons. The predicted octanol–water partition coefficient (Wildman–Crippen LogP) is 2.30. The molecule has 2 aromatic rings. The normalized spacial score (nSPS) is 32.3. The summed E-state index contributed by atoms with van der Waals surface area (Å²) in [6, 6.07) is 7.91. The minimum atomic E-state index is 0.226. The van der Waals surface area contributed by atoms with Gasteiger partial charge < -0.3 is 5.73 Å². The molecule has 4 rings (SSSR count). The van der Waals surface area contributed by atoms with Gasteiger partial charge in [0, 0.05) is 16.5 Å². The molecule has 0 aliphatic heterocycles. The van der Waals surface area contributed by atoms with Crippen LogP contribution >= 0.6 is 11.6 Å². The van der Waals surface area contributed by atoms with Crippen molar-refractivity contribution in [3.63, 3.8) is 0 Å². The number of aromatic nitrogens is 3. The van der Waals surface area contributed by atoms with Gasteiger partial charge in [0.05, 0.1) is 17.6 Å². The summed E-state index contributed by atoms with van der Waals surface area (Å²) in [5.41, 5.74) is 8.31. The topological polar surface area (TPSA) is 56.7 Å². The van der Waals surface area contributed by atoms with Gasteiger partial charge in [-0.1, -0.05) is 11.6 Å². The quantitative estimate of drug-likeness (QED) is 0.914. The summed E-state index contributed by atoms with van der Waals surface area (Å²) < 4.78 is 0. The molecule has 2 aliphatic rings. The van der Waals surface area contributed by atoms with Crippen molar-refractivity contribution in [1.29, 1.82) is 0 Å². The van der Waals surface area contributed by atoms with Gasteiger partial charge in [-0.2, -0.15) is 15.0 Å². The fraction of sp³-hybridized carbons (Fsp3) is 0.429. The SMILES string of the molecule is NC1CC2(c3cnn(-c4ccc(Cl)cc4)n3)CCC12. The molecule has 1 heterocycles. The van der Waals surface area contributed by atoms with E-state index in [2.05, 4.69) is 10.2 Å². The lowest BCUT2D eigenvalue weighted by atomic mass is 9.44. The fourth-order valence-electron chi connectivity index (χ4n) is 3.55. The van der Waals surface area contributed by atoms with Crippen LogP contribution < -0.4 is 5.73 Å². The van der Waals surface area contributed by atoms with Crippen LogP contribution in [0.1, 0.15) is 25.0 Å². The Morgan fingerprint density at radius 3 is 2.68 bits per heavy atom. The number of rotatable bonds is 2. The van der Waals surface area contributed by atoms with E-state index in [0.717, 1.165) is 22.8 Å². The van der Waals surface area contributed by atoms with E-state index in [9.17, 15) is 0 Å². The van der Waals surface area contributed by atoms with Crippen molar-refractivity contribution >= 4 is 11.6 Å². The number of benzene rings is 1. The van der Waals surface area contributed by atoms with Gasteiger partial charge in [0.25, 0.3) is 0 Å². The summed E-state index contributed by atoms with van der Waals surface area (Å²) in [6.45, 7) is 0. The van der Waals surface area contributed by atoms with Gasteiger partial charge in [0.2, 0.25) is 0 Å². The van der Waals surface area contributed by atoms with Crippen LogP contribution in [0.4, 0.5) is 0 Å². The molecule has 2 N–H and O–H groups in total. The first-order chi connectivity index (χ1) is 9.19. The highest BCUT2D eigenvalue weighted by Crippen LogP contribution is 2.60. The Morgan fingerprint density at radius 2 is 2.11 bits per heavy atom. The van der Waals surface area contributed by atoms with E-state index < -0.39 is 0 Å². The Balaban J connectivity index is 1.65. The van der Waals surface area contributed by atoms with Gasteiger partial charge in [-0.15, -0.1) is 0 Å². The lowest BCUT2D eigenvalue weighted by Gasteiger charge is -2.61. The van der Waals surface area contributed by atoms with Crippen LogP contribution in [0, 0.1) is 5.92 Å². The Bertz CT molecular complexity index is 621. The van der Waals surface area contributed by atoms with Crippen molar-refractivity contribution in [3.05, 3.63) is 41.2 Å². The molecule has 1 aromatic carbocycles. The van der Waals surface area contributed by atoms with Crippen LogP contribution in [-0.2, 0) is 5.41 Å². The molecule has 0 saturated heterocycles. The summed E-state index contributed by atoms with van der Waals surface area (Å²) in [5.74, 6) is 0.614. The molecule has 0 amide bonds. The Morgan fingerprint density at radius 1 is 1.32 bits per heavy atom. The summed E-state index contributed by atoms with van der Waals surface area (Å²) in [7, 11) is 0. The maximum Gasteiger partial charge on any atom is 0.0897 e. The van der Waals surface area contributed by atoms with Crippen LogP contribution in [0.15, 0.2) is 30.5 Å². The average molecular weight is 275 g/mol. The van der Waals surface area contributed by atoms with Gasteiger partial charge in [0.15, 0.2) is 0 Å². The first-order valence-corrected chi connectivity index (χ1v) is 7.01. The summed E-state index contributed by atoms with van der Waals surface area (Å²) in [5, 5.41) is 9.75. The van der Waals surface area contributed by atoms with Crippen molar-refractivity contribution in [2.24, 2.45) is 11.7 Å². The molecular formula is C14H15ClN4. The molecule has 0 radical (unpaired) electrons. The monoisotopic (exact) mass is 274 g/mol. The minimum absolute atomic E-state index is 0.226. The molecule has 0 bridgehead atoms. The molecule has 3 unspecified atom stereocenters. The highest BCUT2D eigenvalue weighted by molar-refractivity contribution is 6.30. The highest BCUT2D eigenvalue weighted by atomic mass is 35.5. The summed E-state index contributed by atoms with van der Waals surface area (Å²) in [6.07, 6.45) is 5.38. The van der Waals surface area contributed by atoms with Gasteiger partial charge in [-0.3, -0.25) is 0 Å². The maximum absolute atomic E-state index is 6.05. The number of nitrogens with zero attached hydrogens (tertiary/aromatic N) is 3. The third-order valence-corrected chi connectivity index (χ3v) is 5.04. The zero-order valence-corrected chi connectivity index (χ0v) is 11.2. The van der Waals surface area contributed by atoms with E-state index in [1.54, 1.807) is 4.80 Å². The molecule has 4 nitrogen and oxygen atoms in total. The largest absolute Gasteiger partial charge is 0.327 e. The second-order valence-electron chi connectivity index (χ2n) is 5.66. The number of halogens is 1. The highest BCUT2D eigenvalue weighted by Gasteiger charge is 2.60. The maximum atomic E-state index is 6.05. The smallest absolute Gasteiger partial charge is 0.0897 e. The standard InChI is InChI=1S/C14H15ClN4/c15-9-1-3-10(4-2-9)19-17-8-13(18-19)14-6-5-11(14)12(16)7-14/h1-4,8,11-12H,5-7,16H2. The van der Waals surface area contributed by atoms with Gasteiger partial charge >= 0.3 is 0 Å². The van der Waals surface area contributed by atoms with E-state index in [4.69, 9.17) is 17.3 Å². The molecule has 0 spiro atoms. The predicted molar refractivity (Wildman–Crippen MR) is 73.4 cm³/mol. The molecule has 3 atom stereocenters. The molecule has 5 heteroatoms. The van der Waals surface area contributed by atoms with Crippen LogP contribution in [0.2, 0.25) is 5.02 Å². The third-order valence-electron chi connectivity index (χ3n) is 4.79. The Hall–Kier alpha value is -1.39. The molecule has 1 aromatic heterocycles. The van der Waals surface area contributed by atoms with Gasteiger partial charge in [0.1, 0.15) is 0 Å². The van der Waals surface area contributed by atoms with E-state index in [0.29, 0.717) is 12.0 Å². The fourth-order valence-corrected chi connectivity index (χ4v) is 3.68. The molecule has 2 fully saturated rings. The number of fused-ring (bicyclic) bond motifs is 1. The second kappa shape index (κ2) is 3.81. The Labute approximate surface area is 116 Å². The van der Waals surface area contributed by atoms with Crippen molar-refractivity contribution in [2.45, 2.75) is 30.7 Å². The first kappa shape index (κ1) is 11.4. The van der Waals surface area contributed by atoms with Gasteiger partial charge in [-0.05, 0) is 49.4 Å². The third kappa shape index (κ3) is 1.50. The Kier molecular flexibility index (Phi) is 2.29.